The average molecular weight is 390 g/mol. The molecule has 0 fully saturated rings. The van der Waals surface area contributed by atoms with E-state index in [1.807, 2.05) is 48.5 Å². The molecule has 5 nitrogen and oxygen atoms in total. The molecule has 0 aliphatic heterocycles. The Balaban J connectivity index is 2.03. The summed E-state index contributed by atoms with van der Waals surface area (Å²) < 4.78 is 29.0. The Morgan fingerprint density at radius 2 is 1.48 bits per heavy atom. The normalized spacial score (nSPS) is 12.7. The van der Waals surface area contributed by atoms with Crippen molar-refractivity contribution in [2.45, 2.75) is 26.4 Å². The fourth-order valence-corrected chi connectivity index (χ4v) is 4.36. The van der Waals surface area contributed by atoms with E-state index in [1.54, 1.807) is 26.0 Å². The molecular formula is C21H27O5P. The lowest BCUT2D eigenvalue weighted by Crippen LogP contribution is -2.17. The number of ketones is 1. The zero-order valence-electron chi connectivity index (χ0n) is 15.9. The van der Waals surface area contributed by atoms with Crippen LogP contribution in [0.2, 0.25) is 0 Å². The third-order valence-electron chi connectivity index (χ3n) is 3.91. The van der Waals surface area contributed by atoms with Gasteiger partial charge in [-0.05, 0) is 25.8 Å². The van der Waals surface area contributed by atoms with E-state index in [2.05, 4.69) is 0 Å². The minimum absolute atomic E-state index is 0.0976. The largest absolute Gasteiger partial charge is 0.365 e. The minimum Gasteiger partial charge on any atom is -0.365 e. The molecule has 0 aromatic heterocycles. The molecule has 0 amide bonds. The Labute approximate surface area is 161 Å². The van der Waals surface area contributed by atoms with E-state index >= 15 is 0 Å². The highest BCUT2D eigenvalue weighted by atomic mass is 31.2. The highest BCUT2D eigenvalue weighted by Gasteiger charge is 2.25. The van der Waals surface area contributed by atoms with Gasteiger partial charge >= 0.3 is 7.60 Å². The molecule has 27 heavy (non-hydrogen) atoms. The minimum atomic E-state index is -3.10. The SMILES string of the molecule is CCOP(=O)(CCCOC(C(=O)c1ccccc1)c1ccccc1)OCC. The van der Waals surface area contributed by atoms with E-state index in [0.29, 0.717) is 25.2 Å². The van der Waals surface area contributed by atoms with Crippen molar-refractivity contribution < 1.29 is 23.1 Å². The Morgan fingerprint density at radius 1 is 0.926 bits per heavy atom. The monoisotopic (exact) mass is 390 g/mol. The van der Waals surface area contributed by atoms with Gasteiger partial charge in [-0.15, -0.1) is 0 Å². The molecule has 2 aromatic rings. The second-order valence-corrected chi connectivity index (χ2v) is 8.10. The van der Waals surface area contributed by atoms with Gasteiger partial charge in [0.25, 0.3) is 0 Å². The molecule has 0 radical (unpaired) electrons. The molecule has 0 bridgehead atoms. The molecule has 0 aliphatic carbocycles. The zero-order valence-corrected chi connectivity index (χ0v) is 16.8. The summed E-state index contributed by atoms with van der Waals surface area (Å²) in [6.45, 7) is 4.51. The Hall–Kier alpha value is -1.78. The molecule has 0 N–H and O–H groups in total. The lowest BCUT2D eigenvalue weighted by Gasteiger charge is -2.19. The van der Waals surface area contributed by atoms with Gasteiger partial charge in [0.15, 0.2) is 5.78 Å². The van der Waals surface area contributed by atoms with Gasteiger partial charge in [-0.2, -0.15) is 0 Å². The molecule has 1 atom stereocenters. The molecule has 2 aromatic carbocycles. The van der Waals surface area contributed by atoms with Crippen molar-refractivity contribution in [2.24, 2.45) is 0 Å². The highest BCUT2D eigenvalue weighted by molar-refractivity contribution is 7.53. The predicted octanol–water partition coefficient (Wildman–Crippen LogP) is 5.28. The molecule has 0 saturated carbocycles. The summed E-state index contributed by atoms with van der Waals surface area (Å²) in [5, 5.41) is 0. The van der Waals surface area contributed by atoms with Gasteiger partial charge < -0.3 is 13.8 Å². The number of rotatable bonds is 12. The number of benzene rings is 2. The fourth-order valence-electron chi connectivity index (χ4n) is 2.72. The van der Waals surface area contributed by atoms with Gasteiger partial charge in [-0.25, -0.2) is 0 Å². The maximum Gasteiger partial charge on any atom is 0.330 e. The predicted molar refractivity (Wildman–Crippen MR) is 106 cm³/mol. The summed E-state index contributed by atoms with van der Waals surface area (Å²) in [4.78, 5) is 12.9. The van der Waals surface area contributed by atoms with Crippen LogP contribution in [-0.2, 0) is 18.3 Å². The van der Waals surface area contributed by atoms with Crippen LogP contribution in [0.5, 0.6) is 0 Å². The second-order valence-electron chi connectivity index (χ2n) is 5.92. The first-order chi connectivity index (χ1) is 13.1. The number of carbonyl (C=O) groups is 1. The van der Waals surface area contributed by atoms with E-state index in [1.165, 1.54) is 0 Å². The van der Waals surface area contributed by atoms with E-state index in [-0.39, 0.29) is 18.6 Å². The zero-order chi connectivity index (χ0) is 19.5. The number of hydrogen-bond acceptors (Lipinski definition) is 5. The summed E-state index contributed by atoms with van der Waals surface area (Å²) in [5.41, 5.74) is 1.39. The van der Waals surface area contributed by atoms with Crippen LogP contribution < -0.4 is 0 Å². The van der Waals surface area contributed by atoms with Crippen molar-refractivity contribution in [3.63, 3.8) is 0 Å². The van der Waals surface area contributed by atoms with Crippen molar-refractivity contribution in [2.75, 3.05) is 26.0 Å². The standard InChI is InChI=1S/C21H27O5P/c1-3-25-27(23,26-4-2)17-11-16-24-21(19-14-9-6-10-15-19)20(22)18-12-7-5-8-13-18/h5-10,12-15,21H,3-4,11,16-17H2,1-2H3. The first-order valence-corrected chi connectivity index (χ1v) is 11.0. The van der Waals surface area contributed by atoms with Crippen molar-refractivity contribution in [3.8, 4) is 0 Å². The smallest absolute Gasteiger partial charge is 0.330 e. The molecule has 146 valence electrons. The molecule has 0 aliphatic rings. The number of hydrogen-bond donors (Lipinski definition) is 0. The summed E-state index contributed by atoms with van der Waals surface area (Å²) in [6, 6.07) is 18.5. The summed E-state index contributed by atoms with van der Waals surface area (Å²) >= 11 is 0. The van der Waals surface area contributed by atoms with E-state index < -0.39 is 13.7 Å². The number of ether oxygens (including phenoxy) is 1. The topological polar surface area (TPSA) is 61.8 Å². The Morgan fingerprint density at radius 3 is 2.04 bits per heavy atom. The Bertz CT molecular complexity index is 723. The van der Waals surface area contributed by atoms with Gasteiger partial charge in [-0.1, -0.05) is 60.7 Å². The lowest BCUT2D eigenvalue weighted by atomic mass is 10.00. The van der Waals surface area contributed by atoms with Crippen molar-refractivity contribution in [1.82, 2.24) is 0 Å². The summed E-state index contributed by atoms with van der Waals surface area (Å²) in [6.07, 6.45) is 0.0328. The number of Topliss-reactive ketones (excluding diaryl/α,β-unsaturated/α-hetero) is 1. The average Bonchev–Trinajstić information content (AvgIpc) is 2.69. The molecular weight excluding hydrogens is 363 g/mol. The van der Waals surface area contributed by atoms with Gasteiger partial charge in [0, 0.05) is 12.2 Å². The van der Waals surface area contributed by atoms with Gasteiger partial charge in [0.2, 0.25) is 0 Å². The molecule has 0 heterocycles. The fraction of sp³-hybridized carbons (Fsp3) is 0.381. The van der Waals surface area contributed by atoms with Crippen LogP contribution >= 0.6 is 7.60 Å². The van der Waals surface area contributed by atoms with Crippen molar-refractivity contribution in [1.29, 1.82) is 0 Å². The van der Waals surface area contributed by atoms with Crippen molar-refractivity contribution >= 4 is 13.4 Å². The quantitative estimate of drug-likeness (QED) is 0.280. The molecule has 0 saturated heterocycles. The maximum absolute atomic E-state index is 12.9. The highest BCUT2D eigenvalue weighted by Crippen LogP contribution is 2.48. The third-order valence-corrected chi connectivity index (χ3v) is 6.08. The van der Waals surface area contributed by atoms with Crippen LogP contribution in [0.1, 0.15) is 42.3 Å². The summed E-state index contributed by atoms with van der Waals surface area (Å²) in [7, 11) is -3.10. The van der Waals surface area contributed by atoms with Crippen LogP contribution in [0.15, 0.2) is 60.7 Å². The van der Waals surface area contributed by atoms with Crippen LogP contribution in [0.25, 0.3) is 0 Å². The third kappa shape index (κ3) is 6.71. The van der Waals surface area contributed by atoms with Crippen molar-refractivity contribution in [3.05, 3.63) is 71.8 Å². The van der Waals surface area contributed by atoms with Crippen LogP contribution in [0.3, 0.4) is 0 Å². The van der Waals surface area contributed by atoms with E-state index in [9.17, 15) is 9.36 Å². The number of carbonyl (C=O) groups excluding carboxylic acids is 1. The molecule has 6 heteroatoms. The lowest BCUT2D eigenvalue weighted by molar-refractivity contribution is 0.0405. The molecule has 1 unspecified atom stereocenters. The first-order valence-electron chi connectivity index (χ1n) is 9.23. The van der Waals surface area contributed by atoms with Gasteiger partial charge in [0.1, 0.15) is 6.10 Å². The van der Waals surface area contributed by atoms with E-state index in [4.69, 9.17) is 13.8 Å². The van der Waals surface area contributed by atoms with Gasteiger partial charge in [0.05, 0.1) is 19.4 Å². The first kappa shape index (κ1) is 21.5. The van der Waals surface area contributed by atoms with Crippen LogP contribution in [0.4, 0.5) is 0 Å². The molecule has 2 rings (SSSR count). The summed E-state index contributed by atoms with van der Waals surface area (Å²) in [5.74, 6) is -0.0976. The maximum atomic E-state index is 12.9. The van der Waals surface area contributed by atoms with Gasteiger partial charge in [-0.3, -0.25) is 9.36 Å². The van der Waals surface area contributed by atoms with E-state index in [0.717, 1.165) is 5.56 Å². The Kier molecular flexibility index (Phi) is 8.89. The van der Waals surface area contributed by atoms with Crippen LogP contribution in [0, 0.1) is 0 Å². The van der Waals surface area contributed by atoms with Crippen LogP contribution in [-0.4, -0.2) is 31.8 Å². The second kappa shape index (κ2) is 11.2. The molecule has 0 spiro atoms.